The monoisotopic (exact) mass is 321 g/mol. The minimum absolute atomic E-state index is 0.0431. The van der Waals surface area contributed by atoms with E-state index in [2.05, 4.69) is 23.3 Å². The maximum absolute atomic E-state index is 13.1. The number of carbonyl (C=O) groups is 1. The van der Waals surface area contributed by atoms with E-state index in [4.69, 9.17) is 0 Å². The molecule has 24 heavy (non-hydrogen) atoms. The van der Waals surface area contributed by atoms with E-state index in [1.165, 1.54) is 12.0 Å². The van der Waals surface area contributed by atoms with Gasteiger partial charge in [0.1, 0.15) is 5.82 Å². The lowest BCUT2D eigenvalue weighted by atomic mass is 10.1. The fourth-order valence-corrected chi connectivity index (χ4v) is 3.92. The zero-order valence-corrected chi connectivity index (χ0v) is 14.0. The SMILES string of the molecule is CC1CCC(Nc2ncccc2C(=O)N2CCc3ccccc32)C1. The minimum Gasteiger partial charge on any atom is -0.367 e. The molecule has 1 aliphatic carbocycles. The number of anilines is 2. The number of pyridine rings is 1. The normalized spacial score (nSPS) is 22.5. The predicted molar refractivity (Wildman–Crippen MR) is 96.5 cm³/mol. The summed E-state index contributed by atoms with van der Waals surface area (Å²) in [5.74, 6) is 1.52. The van der Waals surface area contributed by atoms with Gasteiger partial charge in [-0.2, -0.15) is 0 Å². The molecule has 2 unspecified atom stereocenters. The number of aromatic nitrogens is 1. The third kappa shape index (κ3) is 2.77. The summed E-state index contributed by atoms with van der Waals surface area (Å²) < 4.78 is 0. The van der Waals surface area contributed by atoms with Crippen molar-refractivity contribution in [1.29, 1.82) is 0 Å². The lowest BCUT2D eigenvalue weighted by Crippen LogP contribution is -2.30. The van der Waals surface area contributed by atoms with E-state index in [9.17, 15) is 4.79 Å². The van der Waals surface area contributed by atoms with Crippen LogP contribution in [0.2, 0.25) is 0 Å². The molecule has 1 N–H and O–H groups in total. The van der Waals surface area contributed by atoms with Gasteiger partial charge in [0.15, 0.2) is 0 Å². The van der Waals surface area contributed by atoms with Crippen molar-refractivity contribution in [2.24, 2.45) is 5.92 Å². The largest absolute Gasteiger partial charge is 0.367 e. The van der Waals surface area contributed by atoms with Crippen LogP contribution >= 0.6 is 0 Å². The fraction of sp³-hybridized carbons (Fsp3) is 0.400. The molecule has 1 fully saturated rings. The summed E-state index contributed by atoms with van der Waals surface area (Å²) in [6.45, 7) is 3.03. The van der Waals surface area contributed by atoms with Crippen molar-refractivity contribution in [2.75, 3.05) is 16.8 Å². The molecular weight excluding hydrogens is 298 g/mol. The quantitative estimate of drug-likeness (QED) is 0.933. The smallest absolute Gasteiger partial charge is 0.262 e. The van der Waals surface area contributed by atoms with Gasteiger partial charge < -0.3 is 10.2 Å². The highest BCUT2D eigenvalue weighted by atomic mass is 16.2. The van der Waals surface area contributed by atoms with Gasteiger partial charge >= 0.3 is 0 Å². The third-order valence-electron chi connectivity index (χ3n) is 5.21. The Labute approximate surface area is 142 Å². The van der Waals surface area contributed by atoms with Gasteiger partial charge in [-0.15, -0.1) is 0 Å². The molecule has 2 aromatic rings. The number of nitrogens with one attached hydrogen (secondary N) is 1. The topological polar surface area (TPSA) is 45.2 Å². The minimum atomic E-state index is 0.0431. The average Bonchev–Trinajstić information content (AvgIpc) is 3.21. The van der Waals surface area contributed by atoms with Crippen LogP contribution in [0, 0.1) is 5.92 Å². The number of hydrogen-bond acceptors (Lipinski definition) is 3. The number of rotatable bonds is 3. The molecule has 2 atom stereocenters. The summed E-state index contributed by atoms with van der Waals surface area (Å²) in [6.07, 6.45) is 6.22. The van der Waals surface area contributed by atoms with E-state index in [-0.39, 0.29) is 5.91 Å². The van der Waals surface area contributed by atoms with Crippen molar-refractivity contribution < 1.29 is 4.79 Å². The van der Waals surface area contributed by atoms with Gasteiger partial charge in [0.25, 0.3) is 5.91 Å². The van der Waals surface area contributed by atoms with Crippen molar-refractivity contribution >= 4 is 17.4 Å². The van der Waals surface area contributed by atoms with Gasteiger partial charge in [0, 0.05) is 24.5 Å². The first-order valence-electron chi connectivity index (χ1n) is 8.83. The predicted octanol–water partition coefficient (Wildman–Crippen LogP) is 3.89. The summed E-state index contributed by atoms with van der Waals surface area (Å²) in [5.41, 5.74) is 2.95. The molecule has 2 heterocycles. The van der Waals surface area contributed by atoms with E-state index < -0.39 is 0 Å². The van der Waals surface area contributed by atoms with Crippen LogP contribution in [0.15, 0.2) is 42.6 Å². The Kier molecular flexibility index (Phi) is 3.97. The summed E-state index contributed by atoms with van der Waals surface area (Å²) in [7, 11) is 0. The van der Waals surface area contributed by atoms with Crippen LogP contribution in [0.3, 0.4) is 0 Å². The average molecular weight is 321 g/mol. The van der Waals surface area contributed by atoms with E-state index in [0.717, 1.165) is 43.2 Å². The second kappa shape index (κ2) is 6.27. The summed E-state index contributed by atoms with van der Waals surface area (Å²) in [6, 6.07) is 12.3. The van der Waals surface area contributed by atoms with Gasteiger partial charge in [-0.25, -0.2) is 4.98 Å². The highest BCUT2D eigenvalue weighted by Gasteiger charge is 2.28. The van der Waals surface area contributed by atoms with E-state index in [1.807, 2.05) is 35.2 Å². The van der Waals surface area contributed by atoms with Crippen LogP contribution in [0.25, 0.3) is 0 Å². The Morgan fingerprint density at radius 3 is 2.92 bits per heavy atom. The van der Waals surface area contributed by atoms with E-state index >= 15 is 0 Å². The van der Waals surface area contributed by atoms with Gasteiger partial charge in [-0.05, 0) is 55.4 Å². The van der Waals surface area contributed by atoms with Crippen molar-refractivity contribution in [3.05, 3.63) is 53.7 Å². The Morgan fingerprint density at radius 1 is 1.21 bits per heavy atom. The Morgan fingerprint density at radius 2 is 2.08 bits per heavy atom. The lowest BCUT2D eigenvalue weighted by Gasteiger charge is -2.21. The first kappa shape index (κ1) is 15.2. The van der Waals surface area contributed by atoms with Crippen LogP contribution in [-0.2, 0) is 6.42 Å². The lowest BCUT2D eigenvalue weighted by molar-refractivity contribution is 0.0990. The van der Waals surface area contributed by atoms with Crippen molar-refractivity contribution in [3.8, 4) is 0 Å². The molecule has 1 amide bonds. The molecule has 124 valence electrons. The number of fused-ring (bicyclic) bond motifs is 1. The molecule has 1 aliphatic heterocycles. The maximum atomic E-state index is 13.1. The van der Waals surface area contributed by atoms with Crippen molar-refractivity contribution in [3.63, 3.8) is 0 Å². The number of para-hydroxylation sites is 1. The Bertz CT molecular complexity index is 758. The van der Waals surface area contributed by atoms with Crippen LogP contribution in [0.4, 0.5) is 11.5 Å². The number of nitrogens with zero attached hydrogens (tertiary/aromatic N) is 2. The van der Waals surface area contributed by atoms with Crippen molar-refractivity contribution in [1.82, 2.24) is 4.98 Å². The second-order valence-corrected chi connectivity index (χ2v) is 6.99. The molecule has 4 heteroatoms. The third-order valence-corrected chi connectivity index (χ3v) is 5.21. The van der Waals surface area contributed by atoms with Crippen LogP contribution in [-0.4, -0.2) is 23.5 Å². The zero-order chi connectivity index (χ0) is 16.5. The number of carbonyl (C=O) groups excluding carboxylic acids is 1. The van der Waals surface area contributed by atoms with Gasteiger partial charge in [-0.3, -0.25) is 4.79 Å². The highest BCUT2D eigenvalue weighted by Crippen LogP contribution is 2.31. The van der Waals surface area contributed by atoms with E-state index in [0.29, 0.717) is 11.6 Å². The summed E-state index contributed by atoms with van der Waals surface area (Å²) in [5, 5.41) is 3.51. The number of benzene rings is 1. The molecule has 1 aromatic heterocycles. The van der Waals surface area contributed by atoms with Gasteiger partial charge in [-0.1, -0.05) is 25.1 Å². The van der Waals surface area contributed by atoms with Gasteiger partial charge in [0.05, 0.1) is 5.56 Å². The molecule has 0 radical (unpaired) electrons. The molecule has 0 spiro atoms. The first-order valence-corrected chi connectivity index (χ1v) is 8.83. The van der Waals surface area contributed by atoms with Gasteiger partial charge in [0.2, 0.25) is 0 Å². The fourth-order valence-electron chi connectivity index (χ4n) is 3.92. The standard InChI is InChI=1S/C20H23N3O/c1-14-8-9-16(13-14)22-19-17(6-4-11-21-19)20(24)23-12-10-15-5-2-3-7-18(15)23/h2-7,11,14,16H,8-10,12-13H2,1H3,(H,21,22). The van der Waals surface area contributed by atoms with Crippen molar-refractivity contribution in [2.45, 2.75) is 38.6 Å². The van der Waals surface area contributed by atoms with Crippen LogP contribution in [0.1, 0.15) is 42.1 Å². The molecule has 0 bridgehead atoms. The zero-order valence-electron chi connectivity index (χ0n) is 14.0. The summed E-state index contributed by atoms with van der Waals surface area (Å²) in [4.78, 5) is 19.5. The molecule has 1 aromatic carbocycles. The highest BCUT2D eigenvalue weighted by molar-refractivity contribution is 6.10. The maximum Gasteiger partial charge on any atom is 0.262 e. The summed E-state index contributed by atoms with van der Waals surface area (Å²) >= 11 is 0. The number of hydrogen-bond donors (Lipinski definition) is 1. The van der Waals surface area contributed by atoms with Crippen LogP contribution in [0.5, 0.6) is 0 Å². The first-order chi connectivity index (χ1) is 11.7. The second-order valence-electron chi connectivity index (χ2n) is 6.99. The Balaban J connectivity index is 1.59. The van der Waals surface area contributed by atoms with Crippen LogP contribution < -0.4 is 10.2 Å². The number of amides is 1. The Hall–Kier alpha value is -2.36. The molecular formula is C20H23N3O. The molecule has 4 nitrogen and oxygen atoms in total. The van der Waals surface area contributed by atoms with E-state index in [1.54, 1.807) is 6.20 Å². The molecule has 1 saturated carbocycles. The molecule has 4 rings (SSSR count). The molecule has 2 aliphatic rings. The molecule has 0 saturated heterocycles.